The quantitative estimate of drug-likeness (QED) is 0.388. The molecular formula is C21H16BrN3O4S2. The van der Waals surface area contributed by atoms with Crippen LogP contribution in [0.1, 0.15) is 0 Å². The summed E-state index contributed by atoms with van der Waals surface area (Å²) in [6.07, 6.45) is 1.53. The Labute approximate surface area is 188 Å². The number of rotatable bonds is 6. The minimum absolute atomic E-state index is 0.0337. The van der Waals surface area contributed by atoms with E-state index in [1.807, 2.05) is 0 Å². The number of pyridine rings is 1. The van der Waals surface area contributed by atoms with Crippen LogP contribution >= 0.6 is 15.9 Å². The lowest BCUT2D eigenvalue weighted by Crippen LogP contribution is -2.15. The first-order valence-electron chi connectivity index (χ1n) is 9.00. The Balaban J connectivity index is 1.62. The van der Waals surface area contributed by atoms with Crippen molar-refractivity contribution in [2.24, 2.45) is 0 Å². The van der Waals surface area contributed by atoms with Gasteiger partial charge >= 0.3 is 0 Å². The van der Waals surface area contributed by atoms with Crippen LogP contribution in [0.2, 0.25) is 0 Å². The number of para-hydroxylation sites is 1. The van der Waals surface area contributed by atoms with Crippen molar-refractivity contribution in [1.82, 2.24) is 4.98 Å². The molecule has 2 N–H and O–H groups in total. The van der Waals surface area contributed by atoms with Gasteiger partial charge in [0.05, 0.1) is 21.8 Å². The van der Waals surface area contributed by atoms with Crippen LogP contribution in [-0.4, -0.2) is 21.8 Å². The topological polar surface area (TPSA) is 105 Å². The van der Waals surface area contributed by atoms with Crippen LogP contribution in [-0.2, 0) is 20.0 Å². The maximum Gasteiger partial charge on any atom is 0.264 e. The van der Waals surface area contributed by atoms with Crippen molar-refractivity contribution in [3.05, 3.63) is 89.5 Å². The summed E-state index contributed by atoms with van der Waals surface area (Å²) in [6.45, 7) is 0. The zero-order chi connectivity index (χ0) is 22.1. The van der Waals surface area contributed by atoms with Crippen molar-refractivity contribution in [2.75, 3.05) is 9.44 Å². The van der Waals surface area contributed by atoms with Crippen LogP contribution in [0.4, 0.5) is 11.4 Å². The molecule has 4 aromatic rings. The van der Waals surface area contributed by atoms with Gasteiger partial charge in [-0.3, -0.25) is 14.4 Å². The molecule has 0 radical (unpaired) electrons. The van der Waals surface area contributed by atoms with Gasteiger partial charge in [0, 0.05) is 16.1 Å². The average Bonchev–Trinajstić information content (AvgIpc) is 2.73. The fraction of sp³-hybridized carbons (Fsp3) is 0. The largest absolute Gasteiger partial charge is 0.280 e. The molecule has 0 spiro atoms. The van der Waals surface area contributed by atoms with Gasteiger partial charge in [0.1, 0.15) is 4.90 Å². The second-order valence-corrected chi connectivity index (χ2v) is 10.8. The monoisotopic (exact) mass is 517 g/mol. The van der Waals surface area contributed by atoms with Gasteiger partial charge in [0.2, 0.25) is 0 Å². The first-order chi connectivity index (χ1) is 14.7. The Bertz CT molecular complexity index is 1470. The van der Waals surface area contributed by atoms with Crippen LogP contribution in [0.25, 0.3) is 10.9 Å². The van der Waals surface area contributed by atoms with E-state index in [1.165, 1.54) is 42.6 Å². The number of nitrogens with one attached hydrogen (secondary N) is 2. The van der Waals surface area contributed by atoms with Gasteiger partial charge in [0.25, 0.3) is 20.0 Å². The second-order valence-electron chi connectivity index (χ2n) is 6.58. The van der Waals surface area contributed by atoms with Crippen LogP contribution < -0.4 is 9.44 Å². The van der Waals surface area contributed by atoms with Crippen LogP contribution in [0.15, 0.2) is 99.3 Å². The van der Waals surface area contributed by atoms with E-state index in [2.05, 4.69) is 30.4 Å². The molecule has 7 nitrogen and oxygen atoms in total. The third-order valence-corrected chi connectivity index (χ3v) is 7.71. The predicted octanol–water partition coefficient (Wildman–Crippen LogP) is 4.60. The molecule has 0 amide bonds. The molecule has 0 unspecified atom stereocenters. The molecule has 0 aliphatic carbocycles. The number of nitrogens with zero attached hydrogens (tertiary/aromatic N) is 1. The second kappa shape index (κ2) is 8.29. The first-order valence-corrected chi connectivity index (χ1v) is 12.8. The molecule has 3 aromatic carbocycles. The highest BCUT2D eigenvalue weighted by Gasteiger charge is 2.19. The lowest BCUT2D eigenvalue weighted by molar-refractivity contribution is 0.600. The van der Waals surface area contributed by atoms with Crippen LogP contribution in [0.3, 0.4) is 0 Å². The van der Waals surface area contributed by atoms with E-state index < -0.39 is 20.0 Å². The van der Waals surface area contributed by atoms with E-state index in [-0.39, 0.29) is 21.2 Å². The summed E-state index contributed by atoms with van der Waals surface area (Å²) in [5, 5.41) is 0.696. The smallest absolute Gasteiger partial charge is 0.264 e. The number of fused-ring (bicyclic) bond motifs is 1. The first kappa shape index (κ1) is 21.3. The van der Waals surface area contributed by atoms with Gasteiger partial charge < -0.3 is 0 Å². The third kappa shape index (κ3) is 4.71. The molecule has 10 heteroatoms. The highest BCUT2D eigenvalue weighted by atomic mass is 79.9. The van der Waals surface area contributed by atoms with Crippen molar-refractivity contribution in [3.63, 3.8) is 0 Å². The molecule has 0 aliphatic heterocycles. The molecular weight excluding hydrogens is 502 g/mol. The average molecular weight is 518 g/mol. The summed E-state index contributed by atoms with van der Waals surface area (Å²) in [5.74, 6) is 0. The van der Waals surface area contributed by atoms with E-state index in [0.717, 1.165) is 4.47 Å². The van der Waals surface area contributed by atoms with E-state index >= 15 is 0 Å². The van der Waals surface area contributed by atoms with Crippen molar-refractivity contribution in [2.45, 2.75) is 9.79 Å². The Morgan fingerprint density at radius 1 is 0.710 bits per heavy atom. The van der Waals surface area contributed by atoms with Gasteiger partial charge in [-0.05, 0) is 54.6 Å². The molecule has 158 valence electrons. The zero-order valence-corrected chi connectivity index (χ0v) is 19.1. The highest BCUT2D eigenvalue weighted by molar-refractivity contribution is 9.10. The maximum absolute atomic E-state index is 13.0. The molecule has 1 aromatic heterocycles. The van der Waals surface area contributed by atoms with Gasteiger partial charge in [-0.25, -0.2) is 16.8 Å². The summed E-state index contributed by atoms with van der Waals surface area (Å²) < 4.78 is 56.9. The number of aromatic nitrogens is 1. The van der Waals surface area contributed by atoms with Crippen molar-refractivity contribution in [1.29, 1.82) is 0 Å². The summed E-state index contributed by atoms with van der Waals surface area (Å²) in [5.41, 5.74) is 0.785. The van der Waals surface area contributed by atoms with E-state index in [9.17, 15) is 16.8 Å². The van der Waals surface area contributed by atoms with E-state index in [4.69, 9.17) is 0 Å². The number of anilines is 2. The predicted molar refractivity (Wildman–Crippen MR) is 124 cm³/mol. The lowest BCUT2D eigenvalue weighted by Gasteiger charge is -2.12. The summed E-state index contributed by atoms with van der Waals surface area (Å²) in [4.78, 5) is 4.30. The molecule has 0 saturated carbocycles. The van der Waals surface area contributed by atoms with E-state index in [1.54, 1.807) is 42.5 Å². The minimum atomic E-state index is -3.95. The number of sulfonamides is 2. The summed E-state index contributed by atoms with van der Waals surface area (Å²) in [6, 6.07) is 20.6. The normalized spacial score (nSPS) is 11.9. The molecule has 0 bridgehead atoms. The Morgan fingerprint density at radius 3 is 2.03 bits per heavy atom. The maximum atomic E-state index is 13.0. The number of halogens is 1. The van der Waals surface area contributed by atoms with Gasteiger partial charge in [-0.1, -0.05) is 40.2 Å². The fourth-order valence-electron chi connectivity index (χ4n) is 2.98. The minimum Gasteiger partial charge on any atom is -0.280 e. The van der Waals surface area contributed by atoms with E-state index in [0.29, 0.717) is 10.9 Å². The molecule has 0 saturated heterocycles. The lowest BCUT2D eigenvalue weighted by atomic mass is 10.2. The van der Waals surface area contributed by atoms with Gasteiger partial charge in [0.15, 0.2) is 0 Å². The molecule has 0 aliphatic rings. The van der Waals surface area contributed by atoms with Crippen LogP contribution in [0, 0.1) is 0 Å². The molecule has 4 rings (SSSR count). The summed E-state index contributed by atoms with van der Waals surface area (Å²) in [7, 11) is -7.78. The SMILES string of the molecule is O=S(=O)(Nc1cccc(NS(=O)(=O)c2cccc3cccnc23)c1)c1ccc(Br)cc1. The molecule has 0 fully saturated rings. The molecule has 1 heterocycles. The number of hydrogen-bond acceptors (Lipinski definition) is 5. The van der Waals surface area contributed by atoms with Crippen molar-refractivity contribution >= 4 is 58.3 Å². The van der Waals surface area contributed by atoms with Gasteiger partial charge in [-0.15, -0.1) is 0 Å². The van der Waals surface area contributed by atoms with Gasteiger partial charge in [-0.2, -0.15) is 0 Å². The number of benzene rings is 3. The zero-order valence-electron chi connectivity index (χ0n) is 15.9. The molecule has 0 atom stereocenters. The highest BCUT2D eigenvalue weighted by Crippen LogP contribution is 2.25. The Hall–Kier alpha value is -2.95. The van der Waals surface area contributed by atoms with Crippen LogP contribution in [0.5, 0.6) is 0 Å². The van der Waals surface area contributed by atoms with Crippen molar-refractivity contribution in [3.8, 4) is 0 Å². The molecule has 31 heavy (non-hydrogen) atoms. The fourth-order valence-corrected chi connectivity index (χ4v) is 5.52. The van der Waals surface area contributed by atoms with Crippen molar-refractivity contribution < 1.29 is 16.8 Å². The standard InChI is InChI=1S/C21H16BrN3O4S2/c22-16-9-11-19(12-10-16)30(26,27)24-17-6-2-7-18(14-17)25-31(28,29)20-8-1-4-15-5-3-13-23-21(15)20/h1-14,24-25H. The summed E-state index contributed by atoms with van der Waals surface area (Å²) >= 11 is 3.27. The third-order valence-electron chi connectivity index (χ3n) is 4.38. The Morgan fingerprint density at radius 2 is 1.32 bits per heavy atom. The number of hydrogen-bond donors (Lipinski definition) is 2. The Kier molecular flexibility index (Phi) is 5.69.